The Morgan fingerprint density at radius 2 is 1.18 bits per heavy atom. The van der Waals surface area contributed by atoms with E-state index in [2.05, 4.69) is 48.6 Å². The number of rotatable bonds is 32. The first-order valence-corrected chi connectivity index (χ1v) is 32.2. The second-order valence-corrected chi connectivity index (χ2v) is 26.3. The van der Waals surface area contributed by atoms with Crippen molar-refractivity contribution in [2.75, 3.05) is 38.6 Å². The molecule has 6 heterocycles. The van der Waals surface area contributed by atoms with Crippen LogP contribution in [-0.2, 0) is 64.1 Å². The largest absolute Gasteiger partial charge is 0.490 e. The topological polar surface area (TPSA) is 533 Å². The number of aromatic nitrogens is 4. The van der Waals surface area contributed by atoms with Gasteiger partial charge in [-0.05, 0) is 32.1 Å². The molecule has 2 aromatic heterocycles. The number of ether oxygens (including phenoxy) is 2. The van der Waals surface area contributed by atoms with Crippen LogP contribution in [0.2, 0.25) is 0 Å². The minimum absolute atomic E-state index is 0.0248. The molecule has 15 N–H and O–H groups in total. The number of aliphatic hydroxyl groups excluding tert-OH is 4. The molecule has 82 heavy (non-hydrogen) atoms. The summed E-state index contributed by atoms with van der Waals surface area (Å²) in [6.45, 7) is -1.93. The zero-order valence-corrected chi connectivity index (χ0v) is 47.4. The van der Waals surface area contributed by atoms with Crippen molar-refractivity contribution in [2.24, 2.45) is 0 Å². The molecule has 2 aromatic rings. The van der Waals surface area contributed by atoms with Crippen molar-refractivity contribution in [1.29, 1.82) is 0 Å². The van der Waals surface area contributed by atoms with Crippen LogP contribution in [0.3, 0.4) is 0 Å². The molecule has 5 amide bonds. The highest BCUT2D eigenvalue weighted by Gasteiger charge is 2.50. The molecule has 0 aliphatic carbocycles. The van der Waals surface area contributed by atoms with E-state index in [9.17, 15) is 96.6 Å². The molecular formula is C41H63N9O27P4S. The maximum Gasteiger partial charge on any atom is 0.490 e. The highest BCUT2D eigenvalue weighted by atomic mass is 32.2. The van der Waals surface area contributed by atoms with Crippen molar-refractivity contribution in [3.8, 4) is 0 Å². The number of thioether (sulfide) groups is 1. The summed E-state index contributed by atoms with van der Waals surface area (Å²) in [5.41, 5.74) is -4.28. The normalized spacial score (nSPS) is 28.0. The Kier molecular flexibility index (Phi) is 24.0. The number of unbranched alkanes of at least 4 members (excludes halogenated alkanes) is 3. The number of H-pyrrole nitrogens is 2. The van der Waals surface area contributed by atoms with E-state index in [1.165, 1.54) is 12.2 Å². The monoisotopic (exact) mass is 1270 g/mol. The average Bonchev–Trinajstić information content (AvgIpc) is 4.25. The summed E-state index contributed by atoms with van der Waals surface area (Å²) in [5.74, 6) is 0.272. The summed E-state index contributed by atoms with van der Waals surface area (Å²) in [4.78, 5) is 141. The number of carbonyl (C=O) groups is 4. The Bertz CT molecular complexity index is 3070. The number of nitrogens with one attached hydrogen (secondary N) is 7. The van der Waals surface area contributed by atoms with Crippen LogP contribution in [0.4, 0.5) is 4.79 Å². The minimum atomic E-state index is -6.35. The van der Waals surface area contributed by atoms with Crippen LogP contribution in [0.25, 0.3) is 6.08 Å². The van der Waals surface area contributed by atoms with Gasteiger partial charge < -0.3 is 76.1 Å². The lowest BCUT2D eigenvalue weighted by Gasteiger charge is -2.21. The summed E-state index contributed by atoms with van der Waals surface area (Å²) >= 11 is 1.84. The van der Waals surface area contributed by atoms with Gasteiger partial charge in [-0.1, -0.05) is 25.0 Å². The fourth-order valence-corrected chi connectivity index (χ4v) is 15.1. The molecule has 0 radical (unpaired) electrons. The van der Waals surface area contributed by atoms with Gasteiger partial charge in [-0.15, -0.1) is 0 Å². The number of amides is 5. The van der Waals surface area contributed by atoms with Crippen LogP contribution in [0, 0.1) is 0 Å². The number of phosphoric acid groups is 4. The van der Waals surface area contributed by atoms with Crippen LogP contribution in [-0.4, -0.2) is 175 Å². The number of hydrogen-bond donors (Lipinski definition) is 15. The first kappa shape index (κ1) is 66.6. The highest BCUT2D eigenvalue weighted by molar-refractivity contribution is 8.00. The first-order valence-electron chi connectivity index (χ1n) is 25.1. The molecule has 4 saturated heterocycles. The number of nitrogens with zero attached hydrogens (tertiary/aromatic N) is 2. The standard InChI is InChI=1S/C41H63N9O27P4S/c51-27(10-2-1-5-14-42-28(52)11-4-3-9-26-31-23(21-82-26)45-39(60)47-31)44-16-7-12-29(53)43-15-6-8-22-18-50(41(62)48-36(22)59)38-35(58)33(56)25(74-38)20-72-79(65,66)76-81(69,70)77-80(67,68)75-78(63,64)71-19-24-32(55)34(57)37(73-24)49-17-13-30(54)46-40(49)61/h6,8,13,17-18,23-26,31-35,37-38,55-58H,1-5,7,9-12,14-16,19-21H2,(H,42,52)(H,43,53)(H,44,51)(H,63,64)(H,65,66)(H,67,68)(H,69,70)(H2,45,47,60)(H,46,54,61)(H,48,59,62)/t23-,24+,25+,26?,31-,32?,33-,34?,35?,37+,38+/m0/s1. The molecule has 0 aromatic carbocycles. The zero-order valence-electron chi connectivity index (χ0n) is 43.0. The minimum Gasteiger partial charge on any atom is -0.387 e. The Balaban J connectivity index is 0.843. The van der Waals surface area contributed by atoms with Gasteiger partial charge in [0.1, 0.15) is 36.6 Å². The fraction of sp³-hybridized carbons (Fsp3) is 0.659. The van der Waals surface area contributed by atoms with Crippen LogP contribution in [0.5, 0.6) is 0 Å². The van der Waals surface area contributed by atoms with Crippen molar-refractivity contribution in [2.45, 2.75) is 131 Å². The molecule has 4 aliphatic heterocycles. The van der Waals surface area contributed by atoms with Gasteiger partial charge in [0.25, 0.3) is 11.1 Å². The van der Waals surface area contributed by atoms with E-state index < -0.39 is 122 Å². The number of carbonyl (C=O) groups excluding carboxylic acids is 4. The van der Waals surface area contributed by atoms with E-state index in [4.69, 9.17) is 9.47 Å². The van der Waals surface area contributed by atoms with Gasteiger partial charge in [-0.3, -0.25) is 52.1 Å². The number of phosphoric ester groups is 2. The third-order valence-electron chi connectivity index (χ3n) is 12.6. The van der Waals surface area contributed by atoms with Crippen LogP contribution >= 0.6 is 43.1 Å². The van der Waals surface area contributed by atoms with Crippen molar-refractivity contribution in [3.05, 3.63) is 71.8 Å². The second kappa shape index (κ2) is 29.5. The summed E-state index contributed by atoms with van der Waals surface area (Å²) in [6.07, 6.45) is -5.18. The number of hydrogen-bond acceptors (Lipinski definition) is 24. The Labute approximate surface area is 467 Å². The van der Waals surface area contributed by atoms with Crippen LogP contribution in [0.1, 0.15) is 82.2 Å². The van der Waals surface area contributed by atoms with Gasteiger partial charge in [0, 0.05) is 68.4 Å². The van der Waals surface area contributed by atoms with Gasteiger partial charge in [-0.2, -0.15) is 24.7 Å². The van der Waals surface area contributed by atoms with Crippen molar-refractivity contribution >= 4 is 72.9 Å². The molecule has 0 saturated carbocycles. The molecule has 36 nitrogen and oxygen atoms in total. The second-order valence-electron chi connectivity index (χ2n) is 18.8. The molecular weight excluding hydrogens is 1210 g/mol. The van der Waals surface area contributed by atoms with Crippen molar-refractivity contribution in [3.63, 3.8) is 0 Å². The molecule has 4 aliphatic rings. The maximum absolute atomic E-state index is 12.8. The molecule has 41 heteroatoms. The number of aromatic amines is 2. The third kappa shape index (κ3) is 19.8. The Morgan fingerprint density at radius 3 is 1.78 bits per heavy atom. The van der Waals surface area contributed by atoms with E-state index in [0.717, 1.165) is 49.9 Å². The molecule has 6 rings (SSSR count). The maximum atomic E-state index is 12.8. The predicted molar refractivity (Wildman–Crippen MR) is 279 cm³/mol. The summed E-state index contributed by atoms with van der Waals surface area (Å²) in [5, 5.41) is 56.3. The molecule has 460 valence electrons. The van der Waals surface area contributed by atoms with Gasteiger partial charge in [0.05, 0.1) is 30.9 Å². The van der Waals surface area contributed by atoms with E-state index in [-0.39, 0.29) is 61.4 Å². The lowest BCUT2D eigenvalue weighted by Crippen LogP contribution is -2.38. The predicted octanol–water partition coefficient (Wildman–Crippen LogP) is -2.76. The lowest BCUT2D eigenvalue weighted by atomic mass is 10.0. The van der Waals surface area contributed by atoms with E-state index in [1.54, 1.807) is 0 Å². The van der Waals surface area contributed by atoms with Gasteiger partial charge >= 0.3 is 48.7 Å². The Hall–Kier alpha value is -4.55. The van der Waals surface area contributed by atoms with Gasteiger partial charge in [0.2, 0.25) is 17.7 Å². The zero-order chi connectivity index (χ0) is 60.2. The summed E-state index contributed by atoms with van der Waals surface area (Å²) in [7, 11) is -24.5. The number of urea groups is 1. The van der Waals surface area contributed by atoms with E-state index in [1.807, 2.05) is 21.7 Å². The van der Waals surface area contributed by atoms with E-state index in [0.29, 0.717) is 46.6 Å². The average molecular weight is 1270 g/mol. The highest BCUT2D eigenvalue weighted by Crippen LogP contribution is 2.71. The number of aliphatic hydroxyl groups is 4. The molecule has 0 spiro atoms. The van der Waals surface area contributed by atoms with E-state index >= 15 is 0 Å². The molecule has 8 unspecified atom stereocenters. The number of fused-ring (bicyclic) bond motifs is 1. The fourth-order valence-electron chi connectivity index (χ4n) is 8.62. The lowest BCUT2D eigenvalue weighted by molar-refractivity contribution is -0.122. The van der Waals surface area contributed by atoms with Gasteiger partial charge in [-0.25, -0.2) is 32.6 Å². The van der Waals surface area contributed by atoms with Crippen LogP contribution in [0.15, 0.2) is 43.7 Å². The quantitative estimate of drug-likeness (QED) is 0.0200. The van der Waals surface area contributed by atoms with Gasteiger partial charge in [0.15, 0.2) is 12.5 Å². The summed E-state index contributed by atoms with van der Waals surface area (Å²) < 4.78 is 82.3. The van der Waals surface area contributed by atoms with Crippen molar-refractivity contribution in [1.82, 2.24) is 45.7 Å². The Morgan fingerprint density at radius 1 is 0.659 bits per heavy atom. The SMILES string of the molecule is O=C(CCCNC(=O)CCCCCNC(=O)CCCCC1SC[C@@H]2NC(=O)N[C@H]12)NCC=Cc1cn([C@@H]2O[C@H](COP(=O)(O)OP(=O)(O)OP(=O)(O)OP(=O)(O)OC[C@H]3O[C@@H](n4ccc(=O)[nH]c4=O)C(O)C3O)[C@H](O)C2O)c(=O)[nH]c1=O. The van der Waals surface area contributed by atoms with Crippen LogP contribution < -0.4 is 49.1 Å². The third-order valence-corrected chi connectivity index (χ3v) is 20.0. The molecule has 15 atom stereocenters. The molecule has 4 fully saturated rings. The van der Waals surface area contributed by atoms with Crippen molar-refractivity contribution < 1.29 is 109 Å². The smallest absolute Gasteiger partial charge is 0.387 e. The molecule has 0 bridgehead atoms. The first-order chi connectivity index (χ1) is 38.5. The summed E-state index contributed by atoms with van der Waals surface area (Å²) in [6, 6.07) is 1.05.